The minimum atomic E-state index is 0. The summed E-state index contributed by atoms with van der Waals surface area (Å²) < 4.78 is 5.37. The SMILES string of the molecule is CN=C(NCc1nc(-c2ccc(Cl)cc2)no1)N1CCN(Cc2cccs2)CC1.I. The van der Waals surface area contributed by atoms with E-state index in [-0.39, 0.29) is 24.0 Å². The molecule has 1 fully saturated rings. The molecule has 0 aliphatic carbocycles. The van der Waals surface area contributed by atoms with Gasteiger partial charge in [0.15, 0.2) is 5.96 Å². The van der Waals surface area contributed by atoms with Crippen molar-refractivity contribution in [3.05, 3.63) is 57.6 Å². The molecule has 0 atom stereocenters. The Morgan fingerprint density at radius 1 is 1.20 bits per heavy atom. The summed E-state index contributed by atoms with van der Waals surface area (Å²) in [5.74, 6) is 1.93. The molecule has 0 spiro atoms. The normalized spacial score (nSPS) is 15.1. The van der Waals surface area contributed by atoms with Crippen LogP contribution in [0.3, 0.4) is 0 Å². The van der Waals surface area contributed by atoms with Crippen molar-refractivity contribution >= 4 is 52.9 Å². The van der Waals surface area contributed by atoms with Crippen molar-refractivity contribution < 1.29 is 4.52 Å². The van der Waals surface area contributed by atoms with Crippen LogP contribution in [0.15, 0.2) is 51.3 Å². The number of nitrogens with one attached hydrogen (secondary N) is 1. The molecule has 7 nitrogen and oxygen atoms in total. The average molecular weight is 559 g/mol. The van der Waals surface area contributed by atoms with Crippen molar-refractivity contribution in [2.45, 2.75) is 13.1 Å². The smallest absolute Gasteiger partial charge is 0.246 e. The number of rotatable bonds is 5. The molecular formula is C20H24ClIN6OS. The van der Waals surface area contributed by atoms with E-state index < -0.39 is 0 Å². The lowest BCUT2D eigenvalue weighted by molar-refractivity contribution is 0.173. The second-order valence-corrected chi connectivity index (χ2v) is 8.23. The van der Waals surface area contributed by atoms with Gasteiger partial charge in [-0.2, -0.15) is 4.98 Å². The Kier molecular flexibility index (Phi) is 8.49. The van der Waals surface area contributed by atoms with Crippen molar-refractivity contribution in [3.8, 4) is 11.4 Å². The maximum Gasteiger partial charge on any atom is 0.246 e. The summed E-state index contributed by atoms with van der Waals surface area (Å²) in [7, 11) is 1.80. The fourth-order valence-corrected chi connectivity index (χ4v) is 4.14. The van der Waals surface area contributed by atoms with Crippen molar-refractivity contribution in [1.82, 2.24) is 25.3 Å². The van der Waals surface area contributed by atoms with Gasteiger partial charge in [0.2, 0.25) is 11.7 Å². The number of hydrogen-bond acceptors (Lipinski definition) is 6. The van der Waals surface area contributed by atoms with Gasteiger partial charge in [-0.1, -0.05) is 22.8 Å². The van der Waals surface area contributed by atoms with E-state index in [1.54, 1.807) is 7.05 Å². The lowest BCUT2D eigenvalue weighted by Crippen LogP contribution is -2.52. The van der Waals surface area contributed by atoms with Gasteiger partial charge < -0.3 is 14.7 Å². The molecule has 160 valence electrons. The standard InChI is InChI=1S/C20H23ClN6OS.HI/c1-22-20(27-10-8-26(9-11-27)14-17-3-2-12-29-17)23-13-18-24-19(25-28-18)15-4-6-16(21)7-5-15;/h2-7,12H,8-11,13-14H2,1H3,(H,22,23);1H. The maximum atomic E-state index is 5.93. The molecule has 3 aromatic rings. The third-order valence-electron chi connectivity index (χ3n) is 4.81. The number of piperazine rings is 1. The second-order valence-electron chi connectivity index (χ2n) is 6.76. The topological polar surface area (TPSA) is 69.8 Å². The van der Waals surface area contributed by atoms with Gasteiger partial charge in [0.1, 0.15) is 0 Å². The number of benzene rings is 1. The Morgan fingerprint density at radius 3 is 2.63 bits per heavy atom. The molecule has 4 rings (SSSR count). The zero-order valence-electron chi connectivity index (χ0n) is 16.6. The largest absolute Gasteiger partial charge is 0.347 e. The predicted molar refractivity (Wildman–Crippen MR) is 132 cm³/mol. The molecule has 2 aromatic heterocycles. The molecule has 0 amide bonds. The first-order valence-corrected chi connectivity index (χ1v) is 10.8. The Balaban J connectivity index is 0.00000256. The van der Waals surface area contributed by atoms with Gasteiger partial charge in [0.25, 0.3) is 0 Å². The molecule has 3 heterocycles. The van der Waals surface area contributed by atoms with Gasteiger partial charge in [-0.15, -0.1) is 35.3 Å². The molecule has 1 aliphatic rings. The van der Waals surface area contributed by atoms with E-state index in [1.807, 2.05) is 35.6 Å². The van der Waals surface area contributed by atoms with Crippen molar-refractivity contribution in [2.24, 2.45) is 4.99 Å². The summed E-state index contributed by atoms with van der Waals surface area (Å²) >= 11 is 7.74. The zero-order chi connectivity index (χ0) is 20.1. The molecular weight excluding hydrogens is 535 g/mol. The highest BCUT2D eigenvalue weighted by molar-refractivity contribution is 14.0. The minimum Gasteiger partial charge on any atom is -0.347 e. The van der Waals surface area contributed by atoms with Crippen LogP contribution in [0.1, 0.15) is 10.8 Å². The van der Waals surface area contributed by atoms with Crippen LogP contribution in [0.5, 0.6) is 0 Å². The van der Waals surface area contributed by atoms with Gasteiger partial charge >= 0.3 is 0 Å². The fraction of sp³-hybridized carbons (Fsp3) is 0.350. The first-order valence-electron chi connectivity index (χ1n) is 9.50. The van der Waals surface area contributed by atoms with E-state index in [4.69, 9.17) is 16.1 Å². The van der Waals surface area contributed by atoms with E-state index in [0.717, 1.165) is 44.2 Å². The zero-order valence-corrected chi connectivity index (χ0v) is 20.5. The lowest BCUT2D eigenvalue weighted by Gasteiger charge is -2.36. The summed E-state index contributed by atoms with van der Waals surface area (Å²) in [6.07, 6.45) is 0. The number of nitrogens with zero attached hydrogens (tertiary/aromatic N) is 5. The lowest BCUT2D eigenvalue weighted by atomic mass is 10.2. The second kappa shape index (κ2) is 11.1. The number of hydrogen-bond donors (Lipinski definition) is 1. The van der Waals surface area contributed by atoms with Crippen molar-refractivity contribution in [2.75, 3.05) is 33.2 Å². The molecule has 1 N–H and O–H groups in total. The number of thiophene rings is 1. The average Bonchev–Trinajstić information content (AvgIpc) is 3.42. The van der Waals surface area contributed by atoms with E-state index in [0.29, 0.717) is 23.3 Å². The molecule has 1 aliphatic heterocycles. The molecule has 0 saturated carbocycles. The van der Waals surface area contributed by atoms with E-state index in [2.05, 4.69) is 47.8 Å². The Labute approximate surface area is 202 Å². The third-order valence-corrected chi connectivity index (χ3v) is 5.92. The van der Waals surface area contributed by atoms with Crippen LogP contribution in [-0.2, 0) is 13.1 Å². The molecule has 30 heavy (non-hydrogen) atoms. The molecule has 1 aromatic carbocycles. The first kappa shape index (κ1) is 23.0. The number of halogens is 2. The Morgan fingerprint density at radius 2 is 1.97 bits per heavy atom. The van der Waals surface area contributed by atoms with E-state index in [9.17, 15) is 0 Å². The van der Waals surface area contributed by atoms with Gasteiger partial charge in [-0.05, 0) is 35.7 Å². The van der Waals surface area contributed by atoms with Crippen molar-refractivity contribution in [3.63, 3.8) is 0 Å². The summed E-state index contributed by atoms with van der Waals surface area (Å²) in [6.45, 7) is 5.35. The van der Waals surface area contributed by atoms with E-state index >= 15 is 0 Å². The fourth-order valence-electron chi connectivity index (χ4n) is 3.27. The van der Waals surface area contributed by atoms with Crippen LogP contribution in [0.4, 0.5) is 0 Å². The highest BCUT2D eigenvalue weighted by atomic mass is 127. The Hall–Kier alpha value is -1.69. The maximum absolute atomic E-state index is 5.93. The van der Waals surface area contributed by atoms with Crippen LogP contribution >= 0.6 is 46.9 Å². The number of aliphatic imine (C=N–C) groups is 1. The highest BCUT2D eigenvalue weighted by Gasteiger charge is 2.20. The van der Waals surface area contributed by atoms with Crippen LogP contribution in [-0.4, -0.2) is 59.1 Å². The number of guanidine groups is 1. The van der Waals surface area contributed by atoms with Crippen LogP contribution in [0.2, 0.25) is 5.02 Å². The summed E-state index contributed by atoms with van der Waals surface area (Å²) in [4.78, 5) is 15.0. The van der Waals surface area contributed by atoms with Gasteiger partial charge in [0.05, 0.1) is 6.54 Å². The first-order chi connectivity index (χ1) is 14.2. The monoisotopic (exact) mass is 558 g/mol. The van der Waals surface area contributed by atoms with Crippen LogP contribution in [0, 0.1) is 0 Å². The summed E-state index contributed by atoms with van der Waals surface area (Å²) in [5, 5.41) is 10.2. The molecule has 10 heteroatoms. The molecule has 0 unspecified atom stereocenters. The minimum absolute atomic E-state index is 0. The van der Waals surface area contributed by atoms with E-state index in [1.165, 1.54) is 4.88 Å². The predicted octanol–water partition coefficient (Wildman–Crippen LogP) is 3.96. The van der Waals surface area contributed by atoms with Crippen LogP contribution in [0.25, 0.3) is 11.4 Å². The van der Waals surface area contributed by atoms with Crippen LogP contribution < -0.4 is 5.32 Å². The highest BCUT2D eigenvalue weighted by Crippen LogP contribution is 2.18. The molecule has 1 saturated heterocycles. The Bertz CT molecular complexity index is 939. The third kappa shape index (κ3) is 5.93. The van der Waals surface area contributed by atoms with Gasteiger partial charge in [0, 0.05) is 55.2 Å². The molecule has 0 radical (unpaired) electrons. The quantitative estimate of drug-likeness (QED) is 0.290. The van der Waals surface area contributed by atoms with Gasteiger partial charge in [-0.25, -0.2) is 0 Å². The van der Waals surface area contributed by atoms with Gasteiger partial charge in [-0.3, -0.25) is 9.89 Å². The number of aromatic nitrogens is 2. The van der Waals surface area contributed by atoms with Crippen molar-refractivity contribution in [1.29, 1.82) is 0 Å². The molecule has 0 bridgehead atoms. The summed E-state index contributed by atoms with van der Waals surface area (Å²) in [5.41, 5.74) is 0.871. The summed E-state index contributed by atoms with van der Waals surface area (Å²) in [6, 6.07) is 11.7.